The maximum atomic E-state index is 13.4. The van der Waals surface area contributed by atoms with E-state index in [1.807, 2.05) is 12.1 Å². The summed E-state index contributed by atoms with van der Waals surface area (Å²) in [6.45, 7) is 5.55. The van der Waals surface area contributed by atoms with Crippen LogP contribution in [0.3, 0.4) is 0 Å². The molecule has 0 bridgehead atoms. The predicted molar refractivity (Wildman–Crippen MR) is 134 cm³/mol. The van der Waals surface area contributed by atoms with Gasteiger partial charge < -0.3 is 25.2 Å². The third-order valence-corrected chi connectivity index (χ3v) is 8.01. The Hall–Kier alpha value is -3.36. The standard InChI is InChI=1S/C27H34N4O5/c1-27(2)14-19(27)15-36-26-29-23(28)22-24(30-26)35-12-11-31(25(22)34)20-9-7-18(8-10-20)17-5-3-16(4-6-17)13-21(32)33/h7-10,16-17,19H,3-6,11-15H2,1-2H3,(H,32,33)(H2,28,29,30). The SMILES string of the molecule is CC1(C)CC1COc1nc(N)c2c(n1)OCCN(c1ccc(C3CCC(CC(=O)O)CC3)cc1)C2=O. The van der Waals surface area contributed by atoms with E-state index in [0.29, 0.717) is 25.0 Å². The van der Waals surface area contributed by atoms with Gasteiger partial charge in [0.2, 0.25) is 5.88 Å². The summed E-state index contributed by atoms with van der Waals surface area (Å²) in [5.41, 5.74) is 8.60. The number of nitrogen functional groups attached to an aromatic ring is 1. The lowest BCUT2D eigenvalue weighted by molar-refractivity contribution is -0.138. The monoisotopic (exact) mass is 494 g/mol. The average molecular weight is 495 g/mol. The molecule has 2 fully saturated rings. The van der Waals surface area contributed by atoms with E-state index in [2.05, 4.69) is 35.9 Å². The van der Waals surface area contributed by atoms with E-state index in [1.54, 1.807) is 4.90 Å². The Labute approximate surface area is 211 Å². The molecule has 1 unspecified atom stereocenters. The maximum absolute atomic E-state index is 13.4. The number of hydrogen-bond donors (Lipinski definition) is 2. The molecule has 0 saturated heterocycles. The Balaban J connectivity index is 1.26. The van der Waals surface area contributed by atoms with Crippen molar-refractivity contribution in [3.63, 3.8) is 0 Å². The Kier molecular flexibility index (Phi) is 6.49. The summed E-state index contributed by atoms with van der Waals surface area (Å²) in [6, 6.07) is 8.17. The normalized spacial score (nSPS) is 24.9. The minimum absolute atomic E-state index is 0.0525. The van der Waals surface area contributed by atoms with Crippen molar-refractivity contribution in [2.45, 2.75) is 58.3 Å². The lowest BCUT2D eigenvalue weighted by atomic mass is 9.77. The summed E-state index contributed by atoms with van der Waals surface area (Å²) < 4.78 is 11.6. The van der Waals surface area contributed by atoms with Gasteiger partial charge in [-0.15, -0.1) is 0 Å². The summed E-state index contributed by atoms with van der Waals surface area (Å²) in [5.74, 6) is 0.349. The van der Waals surface area contributed by atoms with Crippen molar-refractivity contribution < 1.29 is 24.2 Å². The van der Waals surface area contributed by atoms with Crippen LogP contribution < -0.4 is 20.1 Å². The quantitative estimate of drug-likeness (QED) is 0.584. The predicted octanol–water partition coefficient (Wildman–Crippen LogP) is 4.27. The molecule has 3 aliphatic rings. The molecule has 2 heterocycles. The molecule has 2 saturated carbocycles. The van der Waals surface area contributed by atoms with Crippen LogP contribution in [0.15, 0.2) is 24.3 Å². The van der Waals surface area contributed by atoms with Crippen molar-refractivity contribution in [1.29, 1.82) is 0 Å². The molecule has 36 heavy (non-hydrogen) atoms. The summed E-state index contributed by atoms with van der Waals surface area (Å²) >= 11 is 0. The summed E-state index contributed by atoms with van der Waals surface area (Å²) in [7, 11) is 0. The first-order valence-electron chi connectivity index (χ1n) is 12.8. The third kappa shape index (κ3) is 5.10. The smallest absolute Gasteiger partial charge is 0.321 e. The van der Waals surface area contributed by atoms with Gasteiger partial charge in [-0.3, -0.25) is 9.59 Å². The number of benzene rings is 1. The van der Waals surface area contributed by atoms with Crippen LogP contribution in [0, 0.1) is 17.3 Å². The van der Waals surface area contributed by atoms with Gasteiger partial charge in [0, 0.05) is 12.1 Å². The highest BCUT2D eigenvalue weighted by atomic mass is 16.5. The van der Waals surface area contributed by atoms with Crippen LogP contribution in [0.1, 0.15) is 74.2 Å². The zero-order valence-electron chi connectivity index (χ0n) is 20.9. The topological polar surface area (TPSA) is 128 Å². The molecule has 2 aliphatic carbocycles. The number of aliphatic carboxylic acids is 1. The number of carbonyl (C=O) groups excluding carboxylic acids is 1. The highest BCUT2D eigenvalue weighted by molar-refractivity contribution is 6.10. The number of carbonyl (C=O) groups is 2. The molecule has 1 amide bonds. The van der Waals surface area contributed by atoms with Gasteiger partial charge >= 0.3 is 12.0 Å². The van der Waals surface area contributed by atoms with Gasteiger partial charge in [-0.25, -0.2) is 0 Å². The fraction of sp³-hybridized carbons (Fsp3) is 0.556. The Bertz CT molecular complexity index is 1140. The van der Waals surface area contributed by atoms with E-state index < -0.39 is 5.97 Å². The van der Waals surface area contributed by atoms with E-state index in [-0.39, 0.29) is 53.5 Å². The molecule has 9 nitrogen and oxygen atoms in total. The van der Waals surface area contributed by atoms with Crippen molar-refractivity contribution in [1.82, 2.24) is 9.97 Å². The minimum Gasteiger partial charge on any atom is -0.481 e. The molecule has 9 heteroatoms. The largest absolute Gasteiger partial charge is 0.481 e. The first-order valence-corrected chi connectivity index (χ1v) is 12.8. The molecule has 2 aromatic rings. The molecule has 1 aromatic heterocycles. The number of anilines is 2. The summed E-state index contributed by atoms with van der Waals surface area (Å²) in [5, 5.41) is 9.04. The highest BCUT2D eigenvalue weighted by Gasteiger charge is 2.46. The van der Waals surface area contributed by atoms with Crippen molar-refractivity contribution in [2.24, 2.45) is 17.3 Å². The molecule has 0 spiro atoms. The summed E-state index contributed by atoms with van der Waals surface area (Å²) in [6.07, 6.45) is 5.19. The minimum atomic E-state index is -0.715. The average Bonchev–Trinajstić information content (AvgIpc) is 3.50. The number of nitrogens with zero attached hydrogens (tertiary/aromatic N) is 3. The first-order chi connectivity index (χ1) is 17.2. The molecule has 3 N–H and O–H groups in total. The second-order valence-electron chi connectivity index (χ2n) is 11.0. The van der Waals surface area contributed by atoms with Crippen LogP contribution in [0.2, 0.25) is 0 Å². The number of amides is 1. The van der Waals surface area contributed by atoms with Gasteiger partial charge in [0.25, 0.3) is 5.91 Å². The molecular weight excluding hydrogens is 460 g/mol. The van der Waals surface area contributed by atoms with Crippen LogP contribution >= 0.6 is 0 Å². The number of carboxylic acid groups (broad SMARTS) is 1. The summed E-state index contributed by atoms with van der Waals surface area (Å²) in [4.78, 5) is 34.6. The van der Waals surface area contributed by atoms with Gasteiger partial charge in [-0.05, 0) is 73.0 Å². The van der Waals surface area contributed by atoms with Crippen molar-refractivity contribution >= 4 is 23.4 Å². The first kappa shape index (κ1) is 24.3. The number of rotatable bonds is 7. The van der Waals surface area contributed by atoms with E-state index in [0.717, 1.165) is 37.8 Å². The second kappa shape index (κ2) is 9.59. The number of ether oxygens (including phenoxy) is 2. The number of hydrogen-bond acceptors (Lipinski definition) is 7. The molecule has 1 atom stereocenters. The molecule has 0 radical (unpaired) electrons. The van der Waals surface area contributed by atoms with Gasteiger partial charge in [-0.2, -0.15) is 9.97 Å². The van der Waals surface area contributed by atoms with Crippen LogP contribution in [0.25, 0.3) is 0 Å². The Morgan fingerprint density at radius 1 is 1.19 bits per heavy atom. The van der Waals surface area contributed by atoms with Crippen molar-refractivity contribution in [3.8, 4) is 11.9 Å². The van der Waals surface area contributed by atoms with E-state index >= 15 is 0 Å². The molecular formula is C27H34N4O5. The fourth-order valence-corrected chi connectivity index (χ4v) is 5.43. The number of fused-ring (bicyclic) bond motifs is 1. The second-order valence-corrected chi connectivity index (χ2v) is 11.0. The molecule has 1 aromatic carbocycles. The lowest BCUT2D eigenvalue weighted by Gasteiger charge is -2.28. The lowest BCUT2D eigenvalue weighted by Crippen LogP contribution is -2.32. The zero-order chi connectivity index (χ0) is 25.4. The molecule has 192 valence electrons. The van der Waals surface area contributed by atoms with Gasteiger partial charge in [0.05, 0.1) is 13.2 Å². The van der Waals surface area contributed by atoms with Crippen molar-refractivity contribution in [3.05, 3.63) is 35.4 Å². The highest BCUT2D eigenvalue weighted by Crippen LogP contribution is 2.51. The van der Waals surface area contributed by atoms with E-state index in [1.165, 1.54) is 5.56 Å². The van der Waals surface area contributed by atoms with Crippen LogP contribution in [-0.4, -0.2) is 46.7 Å². The van der Waals surface area contributed by atoms with Crippen molar-refractivity contribution in [2.75, 3.05) is 30.4 Å². The third-order valence-electron chi connectivity index (χ3n) is 8.01. The van der Waals surface area contributed by atoms with Gasteiger partial charge in [0.1, 0.15) is 18.0 Å². The van der Waals surface area contributed by atoms with Crippen LogP contribution in [0.5, 0.6) is 11.9 Å². The maximum Gasteiger partial charge on any atom is 0.321 e. The number of aromatic nitrogens is 2. The molecule has 5 rings (SSSR count). The fourth-order valence-electron chi connectivity index (χ4n) is 5.43. The van der Waals surface area contributed by atoms with Gasteiger partial charge in [-0.1, -0.05) is 26.0 Å². The Morgan fingerprint density at radius 2 is 1.89 bits per heavy atom. The zero-order valence-corrected chi connectivity index (χ0v) is 20.9. The van der Waals surface area contributed by atoms with E-state index in [9.17, 15) is 9.59 Å². The Morgan fingerprint density at radius 3 is 2.53 bits per heavy atom. The number of nitrogens with two attached hydrogens (primary N) is 1. The number of carboxylic acids is 1. The molecule has 1 aliphatic heterocycles. The van der Waals surface area contributed by atoms with Crippen LogP contribution in [-0.2, 0) is 4.79 Å². The van der Waals surface area contributed by atoms with Crippen LogP contribution in [0.4, 0.5) is 11.5 Å². The van der Waals surface area contributed by atoms with E-state index in [4.69, 9.17) is 20.3 Å². The van der Waals surface area contributed by atoms with Gasteiger partial charge in [0.15, 0.2) is 0 Å².